The Morgan fingerprint density at radius 2 is 2.05 bits per heavy atom. The predicted octanol–water partition coefficient (Wildman–Crippen LogP) is 4.08. The van der Waals surface area contributed by atoms with E-state index in [0.29, 0.717) is 11.8 Å². The lowest BCUT2D eigenvalue weighted by Crippen LogP contribution is -2.30. The summed E-state index contributed by atoms with van der Waals surface area (Å²) in [7, 11) is 4.14. The molecule has 0 saturated heterocycles. The zero-order valence-corrected chi connectivity index (χ0v) is 12.9. The molecular weight excluding hydrogens is 267 g/mol. The summed E-state index contributed by atoms with van der Waals surface area (Å²) in [5, 5.41) is 11.6. The van der Waals surface area contributed by atoms with Gasteiger partial charge in [-0.2, -0.15) is 0 Å². The molecular formula is C17H25FN2O. The van der Waals surface area contributed by atoms with Crippen LogP contribution in [0.25, 0.3) is 0 Å². The maximum atomic E-state index is 13.5. The topological polar surface area (TPSA) is 35.8 Å². The molecule has 1 saturated carbocycles. The van der Waals surface area contributed by atoms with E-state index >= 15 is 0 Å². The van der Waals surface area contributed by atoms with Gasteiger partial charge in [-0.3, -0.25) is 0 Å². The molecule has 1 aromatic carbocycles. The molecule has 2 rings (SSSR count). The summed E-state index contributed by atoms with van der Waals surface area (Å²) < 4.78 is 13.5. The fraction of sp³-hybridized carbons (Fsp3) is 0.588. The van der Waals surface area contributed by atoms with E-state index in [-0.39, 0.29) is 11.9 Å². The Hall–Kier alpha value is -1.42. The van der Waals surface area contributed by atoms with E-state index in [2.05, 4.69) is 24.2 Å². The average molecular weight is 292 g/mol. The molecule has 0 radical (unpaired) electrons. The Morgan fingerprint density at radius 3 is 2.62 bits per heavy atom. The van der Waals surface area contributed by atoms with Gasteiger partial charge in [-0.25, -0.2) is 4.39 Å². The second kappa shape index (κ2) is 7.55. The molecule has 0 bridgehead atoms. The maximum Gasteiger partial charge on any atom is 0.123 e. The van der Waals surface area contributed by atoms with Crippen molar-refractivity contribution < 1.29 is 9.60 Å². The van der Waals surface area contributed by atoms with Crippen molar-refractivity contribution in [2.24, 2.45) is 17.0 Å². The van der Waals surface area contributed by atoms with Gasteiger partial charge in [-0.15, -0.1) is 5.16 Å². The zero-order chi connectivity index (χ0) is 15.2. The first kappa shape index (κ1) is 16.0. The maximum absolute atomic E-state index is 13.5. The van der Waals surface area contributed by atoms with Crippen LogP contribution in [0.15, 0.2) is 29.4 Å². The zero-order valence-electron chi connectivity index (χ0n) is 12.9. The van der Waals surface area contributed by atoms with Crippen LogP contribution >= 0.6 is 0 Å². The van der Waals surface area contributed by atoms with Crippen LogP contribution in [0.3, 0.4) is 0 Å². The minimum atomic E-state index is -0.160. The van der Waals surface area contributed by atoms with Crippen molar-refractivity contribution in [1.82, 2.24) is 4.90 Å². The van der Waals surface area contributed by atoms with Crippen molar-refractivity contribution in [2.75, 3.05) is 14.1 Å². The van der Waals surface area contributed by atoms with E-state index in [0.717, 1.165) is 37.7 Å². The third-order valence-corrected chi connectivity index (χ3v) is 4.60. The quantitative estimate of drug-likeness (QED) is 0.504. The van der Waals surface area contributed by atoms with Gasteiger partial charge in [0.1, 0.15) is 5.82 Å². The van der Waals surface area contributed by atoms with Crippen molar-refractivity contribution >= 4 is 6.21 Å². The summed E-state index contributed by atoms with van der Waals surface area (Å²) in [4.78, 5) is 2.20. The summed E-state index contributed by atoms with van der Waals surface area (Å²) in [6.07, 6.45) is 7.04. The molecule has 0 aromatic heterocycles. The molecule has 4 heteroatoms. The number of halogens is 1. The molecule has 116 valence electrons. The number of nitrogens with zero attached hydrogens (tertiary/aromatic N) is 2. The lowest BCUT2D eigenvalue weighted by Gasteiger charge is -2.37. The third-order valence-electron chi connectivity index (χ3n) is 4.60. The summed E-state index contributed by atoms with van der Waals surface area (Å²) in [6.45, 7) is 0. The Balaban J connectivity index is 2.04. The van der Waals surface area contributed by atoms with Crippen LogP contribution in [0.4, 0.5) is 4.39 Å². The highest BCUT2D eigenvalue weighted by atomic mass is 19.1. The number of benzene rings is 1. The summed E-state index contributed by atoms with van der Waals surface area (Å²) in [5.41, 5.74) is 1.07. The third kappa shape index (κ3) is 4.27. The highest BCUT2D eigenvalue weighted by Crippen LogP contribution is 2.40. The molecule has 0 spiro atoms. The van der Waals surface area contributed by atoms with Gasteiger partial charge in [-0.05, 0) is 75.7 Å². The highest BCUT2D eigenvalue weighted by Gasteiger charge is 2.29. The van der Waals surface area contributed by atoms with Gasteiger partial charge in [0.15, 0.2) is 0 Å². The van der Waals surface area contributed by atoms with Crippen LogP contribution in [0, 0.1) is 17.7 Å². The summed E-state index contributed by atoms with van der Waals surface area (Å²) >= 11 is 0. The first-order valence-corrected chi connectivity index (χ1v) is 7.69. The fourth-order valence-corrected chi connectivity index (χ4v) is 3.62. The molecule has 0 amide bonds. The van der Waals surface area contributed by atoms with Crippen LogP contribution < -0.4 is 0 Å². The highest BCUT2D eigenvalue weighted by molar-refractivity contribution is 5.56. The normalized spacial score (nSPS) is 24.6. The molecule has 1 aliphatic rings. The van der Waals surface area contributed by atoms with Crippen LogP contribution in [0.1, 0.15) is 43.7 Å². The van der Waals surface area contributed by atoms with Crippen LogP contribution in [0.2, 0.25) is 0 Å². The molecule has 21 heavy (non-hydrogen) atoms. The SMILES string of the molecule is CN(C)C(c1cccc(F)c1)C1CCC(C/C=N/O)CC1. The van der Waals surface area contributed by atoms with Crippen LogP contribution in [-0.4, -0.2) is 30.4 Å². The first-order valence-electron chi connectivity index (χ1n) is 7.69. The Morgan fingerprint density at radius 1 is 1.33 bits per heavy atom. The van der Waals surface area contributed by atoms with Crippen LogP contribution in [-0.2, 0) is 0 Å². The van der Waals surface area contributed by atoms with Gasteiger partial charge in [0.25, 0.3) is 0 Å². The van der Waals surface area contributed by atoms with E-state index in [1.807, 2.05) is 6.07 Å². The van der Waals surface area contributed by atoms with Crippen molar-refractivity contribution in [3.8, 4) is 0 Å². The average Bonchev–Trinajstić information content (AvgIpc) is 2.46. The van der Waals surface area contributed by atoms with E-state index in [4.69, 9.17) is 5.21 Å². The lowest BCUT2D eigenvalue weighted by molar-refractivity contribution is 0.150. The predicted molar refractivity (Wildman–Crippen MR) is 83.2 cm³/mol. The second-order valence-corrected chi connectivity index (χ2v) is 6.28. The van der Waals surface area contributed by atoms with E-state index in [1.54, 1.807) is 18.3 Å². The van der Waals surface area contributed by atoms with E-state index in [1.165, 1.54) is 6.07 Å². The standard InChI is InChI=1S/C17H25FN2O/c1-20(2)17(15-4-3-5-16(18)12-15)14-8-6-13(7-9-14)10-11-19-21/h3-5,11-14,17,21H,6-10H2,1-2H3/b19-11+. The molecule has 0 aliphatic heterocycles. The monoisotopic (exact) mass is 292 g/mol. The van der Waals surface area contributed by atoms with E-state index < -0.39 is 0 Å². The van der Waals surface area contributed by atoms with Gasteiger partial charge in [-0.1, -0.05) is 12.1 Å². The Bertz CT molecular complexity index is 468. The molecule has 1 N–H and O–H groups in total. The van der Waals surface area contributed by atoms with Crippen molar-refractivity contribution in [3.63, 3.8) is 0 Å². The second-order valence-electron chi connectivity index (χ2n) is 6.28. The van der Waals surface area contributed by atoms with Crippen molar-refractivity contribution in [3.05, 3.63) is 35.6 Å². The Kier molecular flexibility index (Phi) is 5.74. The Labute approximate surface area is 126 Å². The molecule has 1 aromatic rings. The first-order chi connectivity index (χ1) is 10.1. The molecule has 0 heterocycles. The minimum Gasteiger partial charge on any atom is -0.411 e. The minimum absolute atomic E-state index is 0.160. The van der Waals surface area contributed by atoms with E-state index in [9.17, 15) is 4.39 Å². The molecule has 3 nitrogen and oxygen atoms in total. The van der Waals surface area contributed by atoms with Crippen molar-refractivity contribution in [2.45, 2.75) is 38.1 Å². The number of hydrogen-bond donors (Lipinski definition) is 1. The number of rotatable bonds is 5. The van der Waals surface area contributed by atoms with Gasteiger partial charge in [0, 0.05) is 12.3 Å². The number of hydrogen-bond acceptors (Lipinski definition) is 3. The van der Waals surface area contributed by atoms with Gasteiger partial charge >= 0.3 is 0 Å². The number of oxime groups is 1. The molecule has 1 atom stereocenters. The summed E-state index contributed by atoms with van der Waals surface area (Å²) in [5.74, 6) is 1.02. The van der Waals surface area contributed by atoms with Crippen molar-refractivity contribution in [1.29, 1.82) is 0 Å². The molecule has 1 fully saturated rings. The van der Waals surface area contributed by atoms with Crippen LogP contribution in [0.5, 0.6) is 0 Å². The lowest BCUT2D eigenvalue weighted by atomic mass is 9.75. The van der Waals surface area contributed by atoms with Gasteiger partial charge in [0.2, 0.25) is 0 Å². The molecule has 1 unspecified atom stereocenters. The fourth-order valence-electron chi connectivity index (χ4n) is 3.62. The van der Waals surface area contributed by atoms with Gasteiger partial charge in [0.05, 0.1) is 0 Å². The van der Waals surface area contributed by atoms with Gasteiger partial charge < -0.3 is 10.1 Å². The smallest absolute Gasteiger partial charge is 0.123 e. The largest absolute Gasteiger partial charge is 0.411 e. The summed E-state index contributed by atoms with van der Waals surface area (Å²) in [6, 6.07) is 7.26. The molecule has 1 aliphatic carbocycles.